The highest BCUT2D eigenvalue weighted by atomic mass is 16.6. The third kappa shape index (κ3) is 3.42. The van der Waals surface area contributed by atoms with Crippen molar-refractivity contribution in [2.45, 2.75) is 12.5 Å². The molecule has 6 nitrogen and oxygen atoms in total. The number of ketones is 1. The van der Waals surface area contributed by atoms with E-state index >= 15 is 0 Å². The van der Waals surface area contributed by atoms with Crippen LogP contribution in [0.25, 0.3) is 0 Å². The molecule has 1 aliphatic heterocycles. The summed E-state index contributed by atoms with van der Waals surface area (Å²) in [5, 5.41) is 8.98. The predicted molar refractivity (Wildman–Crippen MR) is 74.3 cm³/mol. The third-order valence-corrected chi connectivity index (χ3v) is 3.24. The number of benzene rings is 1. The molecule has 1 aliphatic rings. The van der Waals surface area contributed by atoms with Gasteiger partial charge in [-0.2, -0.15) is 0 Å². The smallest absolute Gasteiger partial charge is 0.242 e. The predicted octanol–water partition coefficient (Wildman–Crippen LogP) is 0.553. The third-order valence-electron chi connectivity index (χ3n) is 3.24. The van der Waals surface area contributed by atoms with E-state index in [-0.39, 0.29) is 23.7 Å². The zero-order valence-corrected chi connectivity index (χ0v) is 11.2. The molecule has 1 fully saturated rings. The lowest BCUT2D eigenvalue weighted by Gasteiger charge is -2.08. The summed E-state index contributed by atoms with van der Waals surface area (Å²) in [4.78, 5) is 28.5. The Bertz CT molecular complexity index is 502. The van der Waals surface area contributed by atoms with Crippen LogP contribution in [0.1, 0.15) is 16.8 Å². The van der Waals surface area contributed by atoms with E-state index in [4.69, 9.17) is 0 Å². The van der Waals surface area contributed by atoms with E-state index in [1.54, 1.807) is 12.1 Å². The first-order chi connectivity index (χ1) is 9.72. The van der Waals surface area contributed by atoms with Crippen LogP contribution in [0, 0.1) is 5.92 Å². The van der Waals surface area contributed by atoms with Crippen LogP contribution in [-0.2, 0) is 9.63 Å². The van der Waals surface area contributed by atoms with E-state index in [0.717, 1.165) is 0 Å². The molecule has 2 N–H and O–H groups in total. The molecular weight excluding hydrogens is 258 g/mol. The van der Waals surface area contributed by atoms with Crippen molar-refractivity contribution < 1.29 is 14.4 Å². The van der Waals surface area contributed by atoms with E-state index in [1.165, 1.54) is 13.4 Å². The molecule has 0 spiro atoms. The summed E-state index contributed by atoms with van der Waals surface area (Å²) in [7, 11) is 1.39. The SMILES string of the molecule is CO/N=C\NC(=O)C1CC(C(=O)c2ccccc2)CN1. The number of oxime groups is 1. The van der Waals surface area contributed by atoms with Gasteiger partial charge in [0.15, 0.2) is 5.78 Å². The van der Waals surface area contributed by atoms with Crippen LogP contribution in [0.15, 0.2) is 35.5 Å². The van der Waals surface area contributed by atoms with Gasteiger partial charge in [0.05, 0.1) is 6.04 Å². The fourth-order valence-electron chi connectivity index (χ4n) is 2.22. The van der Waals surface area contributed by atoms with Gasteiger partial charge in [0.2, 0.25) is 5.91 Å². The lowest BCUT2D eigenvalue weighted by atomic mass is 9.95. The van der Waals surface area contributed by atoms with Gasteiger partial charge >= 0.3 is 0 Å². The summed E-state index contributed by atoms with van der Waals surface area (Å²) < 4.78 is 0. The molecule has 0 saturated carbocycles. The molecule has 106 valence electrons. The quantitative estimate of drug-likeness (QED) is 0.356. The van der Waals surface area contributed by atoms with E-state index < -0.39 is 0 Å². The second-order valence-corrected chi connectivity index (χ2v) is 4.55. The number of Topliss-reactive ketones (excluding diaryl/α,β-unsaturated/α-hetero) is 1. The Kier molecular flexibility index (Phi) is 4.84. The lowest BCUT2D eigenvalue weighted by Crippen LogP contribution is -2.39. The highest BCUT2D eigenvalue weighted by Gasteiger charge is 2.33. The van der Waals surface area contributed by atoms with Crippen molar-refractivity contribution in [2.75, 3.05) is 13.7 Å². The highest BCUT2D eigenvalue weighted by Crippen LogP contribution is 2.19. The first-order valence-corrected chi connectivity index (χ1v) is 6.40. The van der Waals surface area contributed by atoms with Crippen molar-refractivity contribution in [1.82, 2.24) is 10.6 Å². The molecule has 2 atom stereocenters. The molecule has 1 heterocycles. The average Bonchev–Trinajstić information content (AvgIpc) is 2.97. The van der Waals surface area contributed by atoms with Crippen molar-refractivity contribution >= 4 is 18.0 Å². The molecule has 1 saturated heterocycles. The van der Waals surface area contributed by atoms with E-state index in [0.29, 0.717) is 18.5 Å². The van der Waals surface area contributed by atoms with Gasteiger partial charge < -0.3 is 15.5 Å². The number of nitrogens with zero attached hydrogens (tertiary/aromatic N) is 1. The fourth-order valence-corrected chi connectivity index (χ4v) is 2.22. The van der Waals surface area contributed by atoms with Gasteiger partial charge in [-0.3, -0.25) is 9.59 Å². The standard InChI is InChI=1S/C14H17N3O3/c1-20-17-9-16-14(19)12-7-11(8-15-12)13(18)10-5-3-2-4-6-10/h2-6,9,11-12,15H,7-8H2,1H3,(H,16,17,19). The van der Waals surface area contributed by atoms with Gasteiger partial charge in [0, 0.05) is 18.0 Å². The maximum atomic E-state index is 12.3. The largest absolute Gasteiger partial charge is 0.398 e. The number of carbonyl (C=O) groups excluding carboxylic acids is 2. The van der Waals surface area contributed by atoms with Gasteiger partial charge in [-0.15, -0.1) is 0 Å². The Hall–Kier alpha value is -2.21. The summed E-state index contributed by atoms with van der Waals surface area (Å²) in [6, 6.07) is 8.75. The number of hydrogen-bond donors (Lipinski definition) is 2. The average molecular weight is 275 g/mol. The molecule has 0 aliphatic carbocycles. The summed E-state index contributed by atoms with van der Waals surface area (Å²) in [5.41, 5.74) is 0.682. The Morgan fingerprint density at radius 3 is 2.85 bits per heavy atom. The summed E-state index contributed by atoms with van der Waals surface area (Å²) >= 11 is 0. The number of hydrogen-bond acceptors (Lipinski definition) is 5. The number of carbonyl (C=O) groups is 2. The van der Waals surface area contributed by atoms with Crippen LogP contribution in [0.3, 0.4) is 0 Å². The molecular formula is C14H17N3O3. The van der Waals surface area contributed by atoms with Gasteiger partial charge in [-0.1, -0.05) is 35.5 Å². The summed E-state index contributed by atoms with van der Waals surface area (Å²) in [5.74, 6) is -0.319. The van der Waals surface area contributed by atoms with Crippen molar-refractivity contribution in [3.8, 4) is 0 Å². The molecule has 2 unspecified atom stereocenters. The van der Waals surface area contributed by atoms with Crippen molar-refractivity contribution in [1.29, 1.82) is 0 Å². The van der Waals surface area contributed by atoms with Gasteiger partial charge in [-0.25, -0.2) is 0 Å². The highest BCUT2D eigenvalue weighted by molar-refractivity contribution is 5.99. The summed E-state index contributed by atoms with van der Waals surface area (Å²) in [6.07, 6.45) is 1.68. The summed E-state index contributed by atoms with van der Waals surface area (Å²) in [6.45, 7) is 0.507. The van der Waals surface area contributed by atoms with Crippen molar-refractivity contribution in [2.24, 2.45) is 11.1 Å². The molecule has 20 heavy (non-hydrogen) atoms. The van der Waals surface area contributed by atoms with Crippen molar-refractivity contribution in [3.05, 3.63) is 35.9 Å². The normalized spacial score (nSPS) is 21.9. The van der Waals surface area contributed by atoms with Gasteiger partial charge in [0.25, 0.3) is 0 Å². The van der Waals surface area contributed by atoms with Crippen LogP contribution in [-0.4, -0.2) is 37.7 Å². The topological polar surface area (TPSA) is 79.8 Å². The maximum absolute atomic E-state index is 12.3. The van der Waals surface area contributed by atoms with E-state index in [1.807, 2.05) is 18.2 Å². The molecule has 0 aromatic heterocycles. The zero-order valence-electron chi connectivity index (χ0n) is 11.2. The zero-order chi connectivity index (χ0) is 14.4. The molecule has 0 radical (unpaired) electrons. The molecule has 0 bridgehead atoms. The molecule has 6 heteroatoms. The second-order valence-electron chi connectivity index (χ2n) is 4.55. The number of rotatable bonds is 5. The minimum absolute atomic E-state index is 0.0685. The van der Waals surface area contributed by atoms with Crippen LogP contribution < -0.4 is 10.6 Å². The molecule has 1 amide bonds. The number of nitrogens with one attached hydrogen (secondary N) is 2. The lowest BCUT2D eigenvalue weighted by molar-refractivity contribution is -0.121. The van der Waals surface area contributed by atoms with Crippen LogP contribution in [0.4, 0.5) is 0 Å². The van der Waals surface area contributed by atoms with Crippen LogP contribution >= 0.6 is 0 Å². The maximum Gasteiger partial charge on any atom is 0.242 e. The monoisotopic (exact) mass is 275 g/mol. The van der Waals surface area contributed by atoms with Crippen LogP contribution in [0.2, 0.25) is 0 Å². The second kappa shape index (κ2) is 6.81. The molecule has 1 aromatic carbocycles. The first kappa shape index (κ1) is 14.2. The van der Waals surface area contributed by atoms with E-state index in [9.17, 15) is 9.59 Å². The van der Waals surface area contributed by atoms with Gasteiger partial charge in [0.1, 0.15) is 13.4 Å². The Morgan fingerprint density at radius 1 is 1.40 bits per heavy atom. The van der Waals surface area contributed by atoms with Crippen molar-refractivity contribution in [3.63, 3.8) is 0 Å². The number of amides is 1. The first-order valence-electron chi connectivity index (χ1n) is 6.40. The minimum Gasteiger partial charge on any atom is -0.398 e. The van der Waals surface area contributed by atoms with Gasteiger partial charge in [-0.05, 0) is 6.42 Å². The Balaban J connectivity index is 1.90. The Morgan fingerprint density at radius 2 is 2.15 bits per heavy atom. The Labute approximate surface area is 117 Å². The fraction of sp³-hybridized carbons (Fsp3) is 0.357. The molecule has 1 aromatic rings. The minimum atomic E-state index is -0.379. The van der Waals surface area contributed by atoms with Crippen LogP contribution in [0.5, 0.6) is 0 Å². The molecule has 2 rings (SSSR count). The van der Waals surface area contributed by atoms with E-state index in [2.05, 4.69) is 20.6 Å².